The second-order valence-corrected chi connectivity index (χ2v) is 6.91. The third-order valence-corrected chi connectivity index (χ3v) is 4.91. The van der Waals surface area contributed by atoms with E-state index in [2.05, 4.69) is 10.3 Å². The standard InChI is InChI=1S/C25H22N2O3/c1-17(18-9-4-3-5-10-18)27-24(28)21-13-6-7-14-22(21)25-26-16-23(30-25)19-11-8-12-20(15-19)29-2/h3-17H,1-2H3,(H,27,28). The zero-order chi connectivity index (χ0) is 20.9. The molecule has 150 valence electrons. The van der Waals surface area contributed by atoms with E-state index in [1.165, 1.54) is 0 Å². The number of ether oxygens (including phenoxy) is 1. The van der Waals surface area contributed by atoms with Gasteiger partial charge in [-0.15, -0.1) is 0 Å². The predicted molar refractivity (Wildman–Crippen MR) is 116 cm³/mol. The Morgan fingerprint density at radius 3 is 2.57 bits per heavy atom. The lowest BCUT2D eigenvalue weighted by atomic mass is 10.0. The first-order valence-electron chi connectivity index (χ1n) is 9.71. The average Bonchev–Trinajstić information content (AvgIpc) is 3.30. The highest BCUT2D eigenvalue weighted by molar-refractivity contribution is 6.00. The fraction of sp³-hybridized carbons (Fsp3) is 0.120. The lowest BCUT2D eigenvalue weighted by Gasteiger charge is -2.15. The highest BCUT2D eigenvalue weighted by atomic mass is 16.5. The Kier molecular flexibility index (Phi) is 5.61. The number of methoxy groups -OCH3 is 1. The fourth-order valence-electron chi connectivity index (χ4n) is 3.28. The number of amides is 1. The van der Waals surface area contributed by atoms with E-state index in [1.54, 1.807) is 19.4 Å². The summed E-state index contributed by atoms with van der Waals surface area (Å²) in [6.07, 6.45) is 1.66. The van der Waals surface area contributed by atoms with Crippen LogP contribution in [0.1, 0.15) is 28.9 Å². The Bertz CT molecular complexity index is 1150. The second kappa shape index (κ2) is 8.66. The largest absolute Gasteiger partial charge is 0.497 e. The van der Waals surface area contributed by atoms with E-state index in [-0.39, 0.29) is 11.9 Å². The maximum absolute atomic E-state index is 13.0. The van der Waals surface area contributed by atoms with Crippen LogP contribution in [0.5, 0.6) is 5.75 Å². The van der Waals surface area contributed by atoms with Crippen molar-refractivity contribution in [3.63, 3.8) is 0 Å². The summed E-state index contributed by atoms with van der Waals surface area (Å²) in [5.41, 5.74) is 3.05. The molecule has 0 aliphatic rings. The lowest BCUT2D eigenvalue weighted by Crippen LogP contribution is -2.27. The van der Waals surface area contributed by atoms with Crippen LogP contribution in [0, 0.1) is 0 Å². The van der Waals surface area contributed by atoms with Gasteiger partial charge in [0.25, 0.3) is 5.91 Å². The quantitative estimate of drug-likeness (QED) is 0.465. The number of rotatable bonds is 6. The number of aromatic nitrogens is 1. The molecule has 0 fully saturated rings. The molecular formula is C25H22N2O3. The first-order chi connectivity index (χ1) is 14.7. The van der Waals surface area contributed by atoms with Gasteiger partial charge in [0.2, 0.25) is 5.89 Å². The minimum atomic E-state index is -0.178. The third kappa shape index (κ3) is 4.10. The van der Waals surface area contributed by atoms with E-state index in [0.29, 0.717) is 22.8 Å². The molecule has 1 unspecified atom stereocenters. The van der Waals surface area contributed by atoms with Gasteiger partial charge in [-0.3, -0.25) is 4.79 Å². The van der Waals surface area contributed by atoms with Crippen molar-refractivity contribution in [2.24, 2.45) is 0 Å². The number of hydrogen-bond acceptors (Lipinski definition) is 4. The van der Waals surface area contributed by atoms with Gasteiger partial charge in [0.05, 0.1) is 24.9 Å². The molecule has 3 aromatic carbocycles. The van der Waals surface area contributed by atoms with Gasteiger partial charge in [0.1, 0.15) is 5.75 Å². The minimum absolute atomic E-state index is 0.122. The van der Waals surface area contributed by atoms with E-state index in [9.17, 15) is 4.79 Å². The van der Waals surface area contributed by atoms with Crippen LogP contribution in [-0.4, -0.2) is 18.0 Å². The van der Waals surface area contributed by atoms with Crippen molar-refractivity contribution in [3.05, 3.63) is 96.2 Å². The van der Waals surface area contributed by atoms with E-state index < -0.39 is 0 Å². The molecule has 1 N–H and O–H groups in total. The SMILES string of the molecule is COc1cccc(-c2cnc(-c3ccccc3C(=O)NC(C)c3ccccc3)o2)c1. The van der Waals surface area contributed by atoms with Gasteiger partial charge in [-0.2, -0.15) is 0 Å². The molecule has 0 aliphatic heterocycles. The van der Waals surface area contributed by atoms with Crippen LogP contribution in [0.2, 0.25) is 0 Å². The van der Waals surface area contributed by atoms with Crippen molar-refractivity contribution in [1.29, 1.82) is 0 Å². The average molecular weight is 398 g/mol. The van der Waals surface area contributed by atoms with E-state index >= 15 is 0 Å². The summed E-state index contributed by atoms with van der Waals surface area (Å²) < 4.78 is 11.3. The van der Waals surface area contributed by atoms with Crippen molar-refractivity contribution >= 4 is 5.91 Å². The summed E-state index contributed by atoms with van der Waals surface area (Å²) in [6.45, 7) is 1.96. The first kappa shape index (κ1) is 19.5. The van der Waals surface area contributed by atoms with Crippen LogP contribution in [0.15, 0.2) is 89.5 Å². The van der Waals surface area contributed by atoms with Gasteiger partial charge in [-0.1, -0.05) is 54.6 Å². The monoisotopic (exact) mass is 398 g/mol. The number of hydrogen-bond donors (Lipinski definition) is 1. The Morgan fingerprint density at radius 1 is 1.00 bits per heavy atom. The molecule has 1 aromatic heterocycles. The van der Waals surface area contributed by atoms with Crippen LogP contribution in [0.3, 0.4) is 0 Å². The predicted octanol–water partition coefficient (Wildman–Crippen LogP) is 5.51. The van der Waals surface area contributed by atoms with Gasteiger partial charge in [-0.25, -0.2) is 4.98 Å². The molecule has 4 rings (SSSR count). The molecule has 0 saturated carbocycles. The zero-order valence-corrected chi connectivity index (χ0v) is 16.8. The number of carbonyl (C=O) groups excluding carboxylic acids is 1. The fourth-order valence-corrected chi connectivity index (χ4v) is 3.28. The van der Waals surface area contributed by atoms with Gasteiger partial charge >= 0.3 is 0 Å². The summed E-state index contributed by atoms with van der Waals surface area (Å²) in [5.74, 6) is 1.56. The van der Waals surface area contributed by atoms with Crippen LogP contribution in [0.25, 0.3) is 22.8 Å². The van der Waals surface area contributed by atoms with Crippen molar-refractivity contribution in [2.45, 2.75) is 13.0 Å². The molecule has 1 amide bonds. The number of benzene rings is 3. The molecule has 0 radical (unpaired) electrons. The van der Waals surface area contributed by atoms with Crippen molar-refractivity contribution in [3.8, 4) is 28.5 Å². The smallest absolute Gasteiger partial charge is 0.252 e. The van der Waals surface area contributed by atoms with E-state index in [0.717, 1.165) is 16.9 Å². The van der Waals surface area contributed by atoms with Gasteiger partial charge in [0, 0.05) is 11.1 Å². The van der Waals surface area contributed by atoms with Crippen molar-refractivity contribution in [2.75, 3.05) is 7.11 Å². The maximum atomic E-state index is 13.0. The molecule has 1 heterocycles. The Labute approximate surface area is 175 Å². The molecule has 0 aliphatic carbocycles. The lowest BCUT2D eigenvalue weighted by molar-refractivity contribution is 0.0940. The summed E-state index contributed by atoms with van der Waals surface area (Å²) in [7, 11) is 1.62. The second-order valence-electron chi connectivity index (χ2n) is 6.91. The molecule has 4 aromatic rings. The summed E-state index contributed by atoms with van der Waals surface area (Å²) in [6, 6.07) is 24.6. The van der Waals surface area contributed by atoms with Crippen molar-refractivity contribution in [1.82, 2.24) is 10.3 Å². The number of nitrogens with zero attached hydrogens (tertiary/aromatic N) is 1. The molecule has 30 heavy (non-hydrogen) atoms. The van der Waals surface area contributed by atoms with Crippen LogP contribution >= 0.6 is 0 Å². The van der Waals surface area contributed by atoms with Crippen LogP contribution in [-0.2, 0) is 0 Å². The summed E-state index contributed by atoms with van der Waals surface area (Å²) in [5, 5.41) is 3.05. The molecule has 5 heteroatoms. The van der Waals surface area contributed by atoms with Crippen LogP contribution in [0.4, 0.5) is 0 Å². The Hall–Kier alpha value is -3.86. The van der Waals surface area contributed by atoms with Gasteiger partial charge < -0.3 is 14.5 Å². The number of oxazole rings is 1. The van der Waals surface area contributed by atoms with Crippen molar-refractivity contribution < 1.29 is 13.9 Å². The highest BCUT2D eigenvalue weighted by Crippen LogP contribution is 2.30. The maximum Gasteiger partial charge on any atom is 0.252 e. The molecule has 1 atom stereocenters. The minimum Gasteiger partial charge on any atom is -0.497 e. The van der Waals surface area contributed by atoms with E-state index in [1.807, 2.05) is 79.7 Å². The number of carbonyl (C=O) groups is 1. The zero-order valence-electron chi connectivity index (χ0n) is 16.8. The molecule has 5 nitrogen and oxygen atoms in total. The molecule has 0 saturated heterocycles. The topological polar surface area (TPSA) is 64.4 Å². The Balaban J connectivity index is 1.61. The molecular weight excluding hydrogens is 376 g/mol. The summed E-state index contributed by atoms with van der Waals surface area (Å²) >= 11 is 0. The Morgan fingerprint density at radius 2 is 1.77 bits per heavy atom. The van der Waals surface area contributed by atoms with Crippen LogP contribution < -0.4 is 10.1 Å². The highest BCUT2D eigenvalue weighted by Gasteiger charge is 2.19. The molecule has 0 bridgehead atoms. The first-order valence-corrected chi connectivity index (χ1v) is 9.71. The van der Waals surface area contributed by atoms with E-state index in [4.69, 9.17) is 9.15 Å². The van der Waals surface area contributed by atoms with Gasteiger partial charge in [-0.05, 0) is 36.8 Å². The normalized spacial score (nSPS) is 11.7. The summed E-state index contributed by atoms with van der Waals surface area (Å²) in [4.78, 5) is 17.4. The number of nitrogens with one attached hydrogen (secondary N) is 1. The molecule has 0 spiro atoms. The van der Waals surface area contributed by atoms with Gasteiger partial charge in [0.15, 0.2) is 5.76 Å². The third-order valence-electron chi connectivity index (χ3n) is 4.91.